The van der Waals surface area contributed by atoms with Gasteiger partial charge < -0.3 is 9.80 Å². The van der Waals surface area contributed by atoms with Gasteiger partial charge in [-0.15, -0.1) is 0 Å². The van der Waals surface area contributed by atoms with Crippen LogP contribution in [-0.2, 0) is 6.42 Å². The molecule has 0 aliphatic carbocycles. The number of hydrogen-bond acceptors (Lipinski definition) is 6. The van der Waals surface area contributed by atoms with Crippen molar-refractivity contribution < 1.29 is 0 Å². The minimum atomic E-state index is 0.600. The van der Waals surface area contributed by atoms with Gasteiger partial charge in [0, 0.05) is 49.2 Å². The number of aromatic nitrogens is 2. The van der Waals surface area contributed by atoms with Crippen LogP contribution in [0.5, 0.6) is 0 Å². The second-order valence-electron chi connectivity index (χ2n) is 5.45. The molecule has 120 valence electrons. The molecule has 0 saturated carbocycles. The number of aryl methyl sites for hydroxylation is 1. The van der Waals surface area contributed by atoms with Gasteiger partial charge in [-0.05, 0) is 24.6 Å². The Hall–Kier alpha value is -1.84. The third-order valence-corrected chi connectivity index (χ3v) is 5.01. The number of nitriles is 1. The Balaban J connectivity index is 1.75. The maximum absolute atomic E-state index is 9.34. The van der Waals surface area contributed by atoms with Crippen LogP contribution in [0.15, 0.2) is 18.2 Å². The lowest BCUT2D eigenvalue weighted by Crippen LogP contribution is -2.31. The standard InChI is InChI=1S/C16H18ClN5S/c1-2-15-19-16(23-20-15)22-7-3-6-21(8-9-22)14-5-4-13(17)10-12(14)11-18/h4-5,10H,2-3,6-9H2,1H3. The van der Waals surface area contributed by atoms with Gasteiger partial charge in [-0.1, -0.05) is 18.5 Å². The van der Waals surface area contributed by atoms with Crippen LogP contribution in [0.3, 0.4) is 0 Å². The van der Waals surface area contributed by atoms with Crippen molar-refractivity contribution in [3.8, 4) is 6.07 Å². The summed E-state index contributed by atoms with van der Waals surface area (Å²) in [5, 5.41) is 10.9. The van der Waals surface area contributed by atoms with Crippen molar-refractivity contribution in [3.63, 3.8) is 0 Å². The average molecular weight is 348 g/mol. The maximum Gasteiger partial charge on any atom is 0.205 e. The fourth-order valence-corrected chi connectivity index (χ4v) is 3.71. The van der Waals surface area contributed by atoms with Gasteiger partial charge in [0.05, 0.1) is 11.3 Å². The molecular weight excluding hydrogens is 330 g/mol. The third-order valence-electron chi connectivity index (χ3n) is 3.96. The molecule has 0 spiro atoms. The van der Waals surface area contributed by atoms with Gasteiger partial charge in [0.15, 0.2) is 0 Å². The Morgan fingerprint density at radius 1 is 1.26 bits per heavy atom. The van der Waals surface area contributed by atoms with Crippen molar-refractivity contribution in [2.24, 2.45) is 0 Å². The molecule has 0 atom stereocenters. The number of benzene rings is 1. The van der Waals surface area contributed by atoms with E-state index in [1.807, 2.05) is 12.1 Å². The Labute approximate surface area is 145 Å². The van der Waals surface area contributed by atoms with E-state index in [4.69, 9.17) is 11.6 Å². The van der Waals surface area contributed by atoms with Gasteiger partial charge in [0.25, 0.3) is 0 Å². The maximum atomic E-state index is 9.34. The van der Waals surface area contributed by atoms with Crippen LogP contribution >= 0.6 is 23.1 Å². The molecule has 2 heterocycles. The Kier molecular flexibility index (Phi) is 4.99. The van der Waals surface area contributed by atoms with E-state index in [2.05, 4.69) is 32.2 Å². The highest BCUT2D eigenvalue weighted by molar-refractivity contribution is 7.09. The fourth-order valence-electron chi connectivity index (χ4n) is 2.74. The normalized spacial score (nSPS) is 15.3. The lowest BCUT2D eigenvalue weighted by atomic mass is 10.1. The van der Waals surface area contributed by atoms with Crippen LogP contribution in [0.25, 0.3) is 0 Å². The van der Waals surface area contributed by atoms with E-state index in [0.717, 1.165) is 55.7 Å². The first kappa shape index (κ1) is 16.0. The van der Waals surface area contributed by atoms with Crippen LogP contribution in [0.2, 0.25) is 5.02 Å². The van der Waals surface area contributed by atoms with Gasteiger partial charge in [-0.25, -0.2) is 4.98 Å². The van der Waals surface area contributed by atoms with Gasteiger partial charge in [-0.3, -0.25) is 0 Å². The Morgan fingerprint density at radius 2 is 2.04 bits per heavy atom. The Bertz CT molecular complexity index is 724. The summed E-state index contributed by atoms with van der Waals surface area (Å²) >= 11 is 7.47. The highest BCUT2D eigenvalue weighted by atomic mass is 35.5. The summed E-state index contributed by atoms with van der Waals surface area (Å²) in [5.41, 5.74) is 1.60. The van der Waals surface area contributed by atoms with Gasteiger partial charge in [0.2, 0.25) is 5.13 Å². The van der Waals surface area contributed by atoms with Crippen molar-refractivity contribution in [3.05, 3.63) is 34.6 Å². The minimum absolute atomic E-state index is 0.600. The molecule has 2 aromatic rings. The summed E-state index contributed by atoms with van der Waals surface area (Å²) in [6.45, 7) is 5.69. The number of nitrogens with zero attached hydrogens (tertiary/aromatic N) is 5. The van der Waals surface area contributed by atoms with Crippen LogP contribution < -0.4 is 9.80 Å². The summed E-state index contributed by atoms with van der Waals surface area (Å²) in [6, 6.07) is 7.77. The quantitative estimate of drug-likeness (QED) is 0.852. The van der Waals surface area contributed by atoms with E-state index >= 15 is 0 Å². The van der Waals surface area contributed by atoms with E-state index < -0.39 is 0 Å². The monoisotopic (exact) mass is 347 g/mol. The second kappa shape index (κ2) is 7.16. The molecule has 0 unspecified atom stereocenters. The third kappa shape index (κ3) is 3.57. The molecule has 3 rings (SSSR count). The molecule has 0 N–H and O–H groups in total. The van der Waals surface area contributed by atoms with Crippen molar-refractivity contribution in [1.29, 1.82) is 5.26 Å². The van der Waals surface area contributed by atoms with Crippen LogP contribution in [0, 0.1) is 11.3 Å². The van der Waals surface area contributed by atoms with Gasteiger partial charge >= 0.3 is 0 Å². The van der Waals surface area contributed by atoms with Crippen LogP contribution in [0.1, 0.15) is 24.7 Å². The van der Waals surface area contributed by atoms with E-state index in [1.54, 1.807) is 6.07 Å². The summed E-state index contributed by atoms with van der Waals surface area (Å²) in [7, 11) is 0. The lowest BCUT2D eigenvalue weighted by Gasteiger charge is -2.24. The predicted molar refractivity (Wildman–Crippen MR) is 94.5 cm³/mol. The van der Waals surface area contributed by atoms with Crippen molar-refractivity contribution in [1.82, 2.24) is 9.36 Å². The molecule has 7 heteroatoms. The first-order valence-electron chi connectivity index (χ1n) is 7.73. The zero-order chi connectivity index (χ0) is 16.2. The molecule has 1 saturated heterocycles. The van der Waals surface area contributed by atoms with Crippen molar-refractivity contribution in [2.45, 2.75) is 19.8 Å². The highest BCUT2D eigenvalue weighted by Gasteiger charge is 2.20. The molecule has 5 nitrogen and oxygen atoms in total. The molecule has 1 aromatic carbocycles. The van der Waals surface area contributed by atoms with E-state index in [0.29, 0.717) is 10.6 Å². The summed E-state index contributed by atoms with van der Waals surface area (Å²) in [5.74, 6) is 0.913. The van der Waals surface area contributed by atoms with E-state index in [9.17, 15) is 5.26 Å². The zero-order valence-electron chi connectivity index (χ0n) is 13.0. The van der Waals surface area contributed by atoms with Crippen molar-refractivity contribution >= 4 is 34.0 Å². The van der Waals surface area contributed by atoms with E-state index in [1.165, 1.54) is 11.5 Å². The molecule has 23 heavy (non-hydrogen) atoms. The molecular formula is C16H18ClN5S. The summed E-state index contributed by atoms with van der Waals surface area (Å²) in [6.07, 6.45) is 1.89. The van der Waals surface area contributed by atoms with Gasteiger partial charge in [-0.2, -0.15) is 9.64 Å². The first-order chi connectivity index (χ1) is 11.2. The largest absolute Gasteiger partial charge is 0.369 e. The van der Waals surface area contributed by atoms with Crippen LogP contribution in [-0.4, -0.2) is 35.5 Å². The predicted octanol–water partition coefficient (Wildman–Crippen LogP) is 3.34. The Morgan fingerprint density at radius 3 is 2.78 bits per heavy atom. The summed E-state index contributed by atoms with van der Waals surface area (Å²) in [4.78, 5) is 9.13. The SMILES string of the molecule is CCc1nsc(N2CCCN(c3ccc(Cl)cc3C#N)CC2)n1. The number of halogens is 1. The molecule has 0 bridgehead atoms. The zero-order valence-corrected chi connectivity index (χ0v) is 14.6. The second-order valence-corrected chi connectivity index (χ2v) is 6.61. The molecule has 1 aromatic heterocycles. The fraction of sp³-hybridized carbons (Fsp3) is 0.438. The smallest absolute Gasteiger partial charge is 0.205 e. The molecule has 0 amide bonds. The molecule has 1 aliphatic heterocycles. The van der Waals surface area contributed by atoms with Crippen LogP contribution in [0.4, 0.5) is 10.8 Å². The minimum Gasteiger partial charge on any atom is -0.369 e. The van der Waals surface area contributed by atoms with E-state index in [-0.39, 0.29) is 0 Å². The number of hydrogen-bond donors (Lipinski definition) is 0. The summed E-state index contributed by atoms with van der Waals surface area (Å²) < 4.78 is 4.37. The lowest BCUT2D eigenvalue weighted by molar-refractivity contribution is 0.801. The van der Waals surface area contributed by atoms with Crippen molar-refractivity contribution in [2.75, 3.05) is 36.0 Å². The average Bonchev–Trinajstić information content (AvgIpc) is 2.92. The molecule has 0 radical (unpaired) electrons. The topological polar surface area (TPSA) is 56.1 Å². The molecule has 1 aliphatic rings. The number of anilines is 2. The highest BCUT2D eigenvalue weighted by Crippen LogP contribution is 2.26. The first-order valence-corrected chi connectivity index (χ1v) is 8.88. The molecule has 1 fully saturated rings. The number of rotatable bonds is 3. The van der Waals surface area contributed by atoms with Gasteiger partial charge in [0.1, 0.15) is 11.9 Å².